The molecule has 2 rings (SSSR count). The second-order valence-electron chi connectivity index (χ2n) is 3.65. The Labute approximate surface area is 89.4 Å². The fourth-order valence-corrected chi connectivity index (χ4v) is 1.75. The van der Waals surface area contributed by atoms with Crippen LogP contribution in [0.4, 0.5) is 24.5 Å². The molecular formula is C10H9F3N2O. The Morgan fingerprint density at radius 1 is 1.25 bits per heavy atom. The van der Waals surface area contributed by atoms with E-state index in [9.17, 15) is 18.0 Å². The lowest BCUT2D eigenvalue weighted by Gasteiger charge is -2.22. The van der Waals surface area contributed by atoms with Crippen molar-refractivity contribution in [2.75, 3.05) is 11.1 Å². The van der Waals surface area contributed by atoms with E-state index in [1.807, 2.05) is 0 Å². The number of rotatable bonds is 0. The Balaban J connectivity index is 2.60. The van der Waals surface area contributed by atoms with Crippen LogP contribution >= 0.6 is 0 Å². The zero-order valence-corrected chi connectivity index (χ0v) is 8.19. The molecule has 0 atom stereocenters. The number of fused-ring (bicyclic) bond motifs is 1. The molecule has 6 heteroatoms. The highest BCUT2D eigenvalue weighted by molar-refractivity contribution is 5.95. The number of amides is 1. The molecule has 1 amide bonds. The smallest absolute Gasteiger partial charge is 0.399 e. The van der Waals surface area contributed by atoms with Gasteiger partial charge in [0.25, 0.3) is 0 Å². The van der Waals surface area contributed by atoms with Crippen molar-refractivity contribution in [1.29, 1.82) is 0 Å². The molecule has 3 nitrogen and oxygen atoms in total. The van der Waals surface area contributed by atoms with Crippen molar-refractivity contribution in [1.82, 2.24) is 0 Å². The van der Waals surface area contributed by atoms with Crippen LogP contribution in [0.3, 0.4) is 0 Å². The minimum atomic E-state index is -4.51. The second-order valence-corrected chi connectivity index (χ2v) is 3.65. The molecule has 1 aliphatic rings. The molecule has 1 aromatic carbocycles. The van der Waals surface area contributed by atoms with Crippen molar-refractivity contribution in [2.45, 2.75) is 19.0 Å². The van der Waals surface area contributed by atoms with Gasteiger partial charge in [0.05, 0.1) is 11.3 Å². The first kappa shape index (κ1) is 10.8. The molecule has 3 N–H and O–H groups in total. The highest BCUT2D eigenvalue weighted by Gasteiger charge is 2.36. The number of nitrogen functional groups attached to an aromatic ring is 1. The zero-order chi connectivity index (χ0) is 11.9. The fraction of sp³-hybridized carbons (Fsp3) is 0.300. The summed E-state index contributed by atoms with van der Waals surface area (Å²) in [5, 5.41) is 2.25. The number of hydrogen-bond donors (Lipinski definition) is 2. The summed E-state index contributed by atoms with van der Waals surface area (Å²) in [6, 6.07) is 2.30. The third-order valence-corrected chi connectivity index (χ3v) is 2.43. The highest BCUT2D eigenvalue weighted by Crippen LogP contribution is 2.39. The van der Waals surface area contributed by atoms with Crippen LogP contribution in [0.1, 0.15) is 17.5 Å². The SMILES string of the molecule is Nc1cc2c(c(C(F)(F)F)c1)NC(=O)CC2. The van der Waals surface area contributed by atoms with E-state index in [0.29, 0.717) is 5.56 Å². The number of anilines is 2. The van der Waals surface area contributed by atoms with Crippen molar-refractivity contribution in [3.8, 4) is 0 Å². The maximum Gasteiger partial charge on any atom is 0.418 e. The van der Waals surface area contributed by atoms with Crippen molar-refractivity contribution in [3.05, 3.63) is 23.3 Å². The van der Waals surface area contributed by atoms with Gasteiger partial charge >= 0.3 is 6.18 Å². The van der Waals surface area contributed by atoms with Gasteiger partial charge in [-0.2, -0.15) is 13.2 Å². The largest absolute Gasteiger partial charge is 0.418 e. The van der Waals surface area contributed by atoms with Crippen molar-refractivity contribution in [2.24, 2.45) is 0 Å². The normalized spacial score (nSPS) is 15.6. The van der Waals surface area contributed by atoms with E-state index in [2.05, 4.69) is 5.32 Å². The van der Waals surface area contributed by atoms with Gasteiger partial charge in [-0.3, -0.25) is 4.79 Å². The van der Waals surface area contributed by atoms with E-state index in [0.717, 1.165) is 6.07 Å². The number of halogens is 3. The van der Waals surface area contributed by atoms with Gasteiger partial charge in [-0.1, -0.05) is 0 Å². The molecule has 0 spiro atoms. The lowest BCUT2D eigenvalue weighted by atomic mass is 9.98. The average Bonchev–Trinajstić information content (AvgIpc) is 2.16. The molecule has 0 unspecified atom stereocenters. The van der Waals surface area contributed by atoms with Gasteiger partial charge in [-0.15, -0.1) is 0 Å². The molecule has 16 heavy (non-hydrogen) atoms. The molecule has 0 fully saturated rings. The van der Waals surface area contributed by atoms with Crippen molar-refractivity contribution in [3.63, 3.8) is 0 Å². The Bertz CT molecular complexity index is 454. The maximum absolute atomic E-state index is 12.7. The van der Waals surface area contributed by atoms with E-state index in [1.54, 1.807) is 0 Å². The summed E-state index contributed by atoms with van der Waals surface area (Å²) in [4.78, 5) is 11.1. The lowest BCUT2D eigenvalue weighted by Crippen LogP contribution is -2.23. The summed E-state index contributed by atoms with van der Waals surface area (Å²) in [5.41, 5.74) is 4.86. The molecule has 86 valence electrons. The molecule has 1 aromatic rings. The lowest BCUT2D eigenvalue weighted by molar-refractivity contribution is -0.137. The van der Waals surface area contributed by atoms with E-state index >= 15 is 0 Å². The van der Waals surface area contributed by atoms with Crippen LogP contribution in [0, 0.1) is 0 Å². The number of nitrogens with two attached hydrogens (primary N) is 1. The monoisotopic (exact) mass is 230 g/mol. The molecule has 1 heterocycles. The first-order valence-electron chi connectivity index (χ1n) is 4.67. The number of alkyl halides is 3. The van der Waals surface area contributed by atoms with Crippen LogP contribution in [-0.2, 0) is 17.4 Å². The van der Waals surface area contributed by atoms with Crippen LogP contribution in [0.15, 0.2) is 12.1 Å². The molecule has 0 aromatic heterocycles. The molecule has 0 aliphatic carbocycles. The van der Waals surface area contributed by atoms with E-state index in [1.165, 1.54) is 6.07 Å². The summed E-state index contributed by atoms with van der Waals surface area (Å²) < 4.78 is 38.0. The number of nitrogens with one attached hydrogen (secondary N) is 1. The predicted molar refractivity (Wildman–Crippen MR) is 52.8 cm³/mol. The fourth-order valence-electron chi connectivity index (χ4n) is 1.75. The van der Waals surface area contributed by atoms with Gasteiger partial charge in [-0.05, 0) is 24.1 Å². The third-order valence-electron chi connectivity index (χ3n) is 2.43. The third kappa shape index (κ3) is 1.82. The Morgan fingerprint density at radius 2 is 1.94 bits per heavy atom. The minimum Gasteiger partial charge on any atom is -0.399 e. The first-order chi connectivity index (χ1) is 7.38. The van der Waals surface area contributed by atoms with Crippen molar-refractivity contribution >= 4 is 17.3 Å². The van der Waals surface area contributed by atoms with E-state index in [-0.39, 0.29) is 24.2 Å². The number of aryl methyl sites for hydroxylation is 1. The van der Waals surface area contributed by atoms with Gasteiger partial charge in [0.15, 0.2) is 0 Å². The van der Waals surface area contributed by atoms with Gasteiger partial charge in [0.2, 0.25) is 5.91 Å². The van der Waals surface area contributed by atoms with Crippen LogP contribution < -0.4 is 11.1 Å². The van der Waals surface area contributed by atoms with Crippen LogP contribution in [0.2, 0.25) is 0 Å². The van der Waals surface area contributed by atoms with Crippen LogP contribution in [-0.4, -0.2) is 5.91 Å². The molecule has 0 bridgehead atoms. The predicted octanol–water partition coefficient (Wildman–Crippen LogP) is 2.17. The van der Waals surface area contributed by atoms with E-state index < -0.39 is 17.6 Å². The van der Waals surface area contributed by atoms with Crippen LogP contribution in [0.5, 0.6) is 0 Å². The number of hydrogen-bond acceptors (Lipinski definition) is 2. The summed E-state index contributed by atoms with van der Waals surface area (Å²) in [6.07, 6.45) is -4.03. The molecule has 1 aliphatic heterocycles. The maximum atomic E-state index is 12.7. The Hall–Kier alpha value is -1.72. The van der Waals surface area contributed by atoms with Crippen molar-refractivity contribution < 1.29 is 18.0 Å². The van der Waals surface area contributed by atoms with Gasteiger partial charge in [0.1, 0.15) is 0 Å². The molecular weight excluding hydrogens is 221 g/mol. The molecule has 0 saturated heterocycles. The van der Waals surface area contributed by atoms with E-state index in [4.69, 9.17) is 5.73 Å². The average molecular weight is 230 g/mol. The zero-order valence-electron chi connectivity index (χ0n) is 8.19. The summed E-state index contributed by atoms with van der Waals surface area (Å²) in [6.45, 7) is 0. The topological polar surface area (TPSA) is 55.1 Å². The first-order valence-corrected chi connectivity index (χ1v) is 4.67. The summed E-state index contributed by atoms with van der Waals surface area (Å²) >= 11 is 0. The molecule has 0 saturated carbocycles. The Morgan fingerprint density at radius 3 is 2.56 bits per heavy atom. The number of carbonyl (C=O) groups is 1. The highest BCUT2D eigenvalue weighted by atomic mass is 19.4. The van der Waals surface area contributed by atoms with Gasteiger partial charge < -0.3 is 11.1 Å². The second kappa shape index (κ2) is 3.40. The summed E-state index contributed by atoms with van der Waals surface area (Å²) in [7, 11) is 0. The van der Waals surface area contributed by atoms with Gasteiger partial charge in [-0.25, -0.2) is 0 Å². The molecule has 0 radical (unpaired) electrons. The standard InChI is InChI=1S/C10H9F3N2O/c11-10(12,13)7-4-6(14)3-5-1-2-8(16)15-9(5)7/h3-4H,1-2,14H2,(H,15,16). The number of benzene rings is 1. The van der Waals surface area contributed by atoms with Gasteiger partial charge in [0, 0.05) is 12.1 Å². The quantitative estimate of drug-likeness (QED) is 0.671. The summed E-state index contributed by atoms with van der Waals surface area (Å²) in [5.74, 6) is -0.400. The minimum absolute atomic E-state index is 0.0576. The van der Waals surface area contributed by atoms with Crippen LogP contribution in [0.25, 0.3) is 0 Å². The number of carbonyl (C=O) groups excluding carboxylic acids is 1. The Kier molecular flexibility index (Phi) is 2.29.